The molecule has 0 saturated heterocycles. The molecule has 0 radical (unpaired) electrons. The second kappa shape index (κ2) is 7.41. The maximum Gasteiger partial charge on any atom is 0.255 e. The molecule has 0 atom stereocenters. The number of amides is 1. The molecule has 2 aromatic rings. The second-order valence-corrected chi connectivity index (χ2v) is 6.54. The number of anilines is 1. The number of carbonyl (C=O) groups is 1. The van der Waals surface area contributed by atoms with Crippen molar-refractivity contribution in [3.05, 3.63) is 53.8 Å². The average Bonchev–Trinajstić information content (AvgIpc) is 2.56. The zero-order valence-electron chi connectivity index (χ0n) is 13.2. The third kappa shape index (κ3) is 3.90. The number of carbonyl (C=O) groups excluding carboxylic acids is 1. The predicted octanol–water partition coefficient (Wildman–Crippen LogP) is 2.38. The Labute approximate surface area is 139 Å². The SMILES string of the molecule is CCNS(=O)(=O)c1cc(C(=O)Nc2ccccc2F)ccc1OC. The highest BCUT2D eigenvalue weighted by Gasteiger charge is 2.21. The van der Waals surface area contributed by atoms with Gasteiger partial charge < -0.3 is 10.1 Å². The Hall–Kier alpha value is -2.45. The highest BCUT2D eigenvalue weighted by Crippen LogP contribution is 2.25. The summed E-state index contributed by atoms with van der Waals surface area (Å²) in [6.07, 6.45) is 0. The van der Waals surface area contributed by atoms with Gasteiger partial charge in [0.2, 0.25) is 10.0 Å². The molecule has 2 rings (SSSR count). The molecule has 0 unspecified atom stereocenters. The first-order chi connectivity index (χ1) is 11.4. The van der Waals surface area contributed by atoms with E-state index in [-0.39, 0.29) is 28.4 Å². The van der Waals surface area contributed by atoms with Crippen LogP contribution in [0.25, 0.3) is 0 Å². The minimum Gasteiger partial charge on any atom is -0.495 e. The van der Waals surface area contributed by atoms with Crippen LogP contribution < -0.4 is 14.8 Å². The largest absolute Gasteiger partial charge is 0.495 e. The molecule has 2 N–H and O–H groups in total. The molecule has 2 aromatic carbocycles. The van der Waals surface area contributed by atoms with Gasteiger partial charge in [-0.15, -0.1) is 0 Å². The van der Waals surface area contributed by atoms with E-state index in [4.69, 9.17) is 4.74 Å². The van der Waals surface area contributed by atoms with Crippen LogP contribution in [0.15, 0.2) is 47.4 Å². The first kappa shape index (κ1) is 17.9. The number of para-hydroxylation sites is 1. The fraction of sp³-hybridized carbons (Fsp3) is 0.188. The third-order valence-corrected chi connectivity index (χ3v) is 4.74. The summed E-state index contributed by atoms with van der Waals surface area (Å²) in [5, 5.41) is 2.40. The van der Waals surface area contributed by atoms with E-state index in [0.29, 0.717) is 0 Å². The fourth-order valence-electron chi connectivity index (χ4n) is 2.05. The molecule has 0 saturated carbocycles. The Morgan fingerprint density at radius 2 is 1.92 bits per heavy atom. The van der Waals surface area contributed by atoms with Gasteiger partial charge in [0.05, 0.1) is 12.8 Å². The maximum atomic E-state index is 13.6. The van der Waals surface area contributed by atoms with Crippen molar-refractivity contribution in [3.63, 3.8) is 0 Å². The molecular formula is C16H17FN2O4S. The van der Waals surface area contributed by atoms with Crippen LogP contribution in [-0.4, -0.2) is 28.0 Å². The van der Waals surface area contributed by atoms with Crippen LogP contribution in [0.1, 0.15) is 17.3 Å². The molecule has 0 fully saturated rings. The van der Waals surface area contributed by atoms with E-state index >= 15 is 0 Å². The first-order valence-corrected chi connectivity index (χ1v) is 8.61. The van der Waals surface area contributed by atoms with E-state index < -0.39 is 21.7 Å². The van der Waals surface area contributed by atoms with E-state index in [9.17, 15) is 17.6 Å². The van der Waals surface area contributed by atoms with Gasteiger partial charge in [-0.05, 0) is 30.3 Å². The van der Waals surface area contributed by atoms with Crippen molar-refractivity contribution in [2.45, 2.75) is 11.8 Å². The molecule has 0 aliphatic carbocycles. The van der Waals surface area contributed by atoms with Crippen molar-refractivity contribution in [1.82, 2.24) is 4.72 Å². The van der Waals surface area contributed by atoms with Crippen molar-refractivity contribution in [2.24, 2.45) is 0 Å². The van der Waals surface area contributed by atoms with E-state index in [1.54, 1.807) is 13.0 Å². The van der Waals surface area contributed by atoms with Gasteiger partial charge in [-0.1, -0.05) is 19.1 Å². The zero-order chi connectivity index (χ0) is 17.7. The molecule has 24 heavy (non-hydrogen) atoms. The number of ether oxygens (including phenoxy) is 1. The summed E-state index contributed by atoms with van der Waals surface area (Å²) in [6, 6.07) is 9.67. The predicted molar refractivity (Wildman–Crippen MR) is 88.2 cm³/mol. The van der Waals surface area contributed by atoms with Gasteiger partial charge in [0, 0.05) is 12.1 Å². The smallest absolute Gasteiger partial charge is 0.255 e. The maximum absolute atomic E-state index is 13.6. The standard InChI is InChI=1S/C16H17FN2O4S/c1-3-18-24(21,22)15-10-11(8-9-14(15)23-2)16(20)19-13-7-5-4-6-12(13)17/h4-10,18H,3H2,1-2H3,(H,19,20). The molecule has 0 spiro atoms. The van der Waals surface area contributed by atoms with E-state index in [1.807, 2.05) is 0 Å². The molecule has 0 aromatic heterocycles. The van der Waals surface area contributed by atoms with Crippen LogP contribution in [0.5, 0.6) is 5.75 Å². The number of benzene rings is 2. The van der Waals surface area contributed by atoms with Gasteiger partial charge in [0.15, 0.2) is 0 Å². The lowest BCUT2D eigenvalue weighted by atomic mass is 10.2. The summed E-state index contributed by atoms with van der Waals surface area (Å²) in [7, 11) is -2.49. The van der Waals surface area contributed by atoms with Crippen molar-refractivity contribution in [3.8, 4) is 5.75 Å². The first-order valence-electron chi connectivity index (χ1n) is 7.12. The molecule has 0 aliphatic heterocycles. The molecule has 0 bridgehead atoms. The summed E-state index contributed by atoms with van der Waals surface area (Å²) >= 11 is 0. The van der Waals surface area contributed by atoms with E-state index in [1.165, 1.54) is 43.5 Å². The Kier molecular flexibility index (Phi) is 5.53. The molecule has 0 aliphatic rings. The van der Waals surface area contributed by atoms with Crippen LogP contribution in [0.3, 0.4) is 0 Å². The molecule has 6 nitrogen and oxygen atoms in total. The van der Waals surface area contributed by atoms with Crippen molar-refractivity contribution >= 4 is 21.6 Å². The Bertz CT molecular complexity index is 853. The van der Waals surface area contributed by atoms with Crippen molar-refractivity contribution in [2.75, 3.05) is 19.0 Å². The lowest BCUT2D eigenvalue weighted by Crippen LogP contribution is -2.24. The highest BCUT2D eigenvalue weighted by molar-refractivity contribution is 7.89. The normalized spacial score (nSPS) is 11.1. The van der Waals surface area contributed by atoms with E-state index in [2.05, 4.69) is 10.0 Å². The molecule has 1 amide bonds. The van der Waals surface area contributed by atoms with Gasteiger partial charge in [0.25, 0.3) is 5.91 Å². The summed E-state index contributed by atoms with van der Waals surface area (Å²) in [5.74, 6) is -1.10. The monoisotopic (exact) mass is 352 g/mol. The molecule has 0 heterocycles. The number of rotatable bonds is 6. The van der Waals surface area contributed by atoms with Gasteiger partial charge >= 0.3 is 0 Å². The van der Waals surface area contributed by atoms with Gasteiger partial charge in [-0.2, -0.15) is 0 Å². The summed E-state index contributed by atoms with van der Waals surface area (Å²) in [6.45, 7) is 1.83. The highest BCUT2D eigenvalue weighted by atomic mass is 32.2. The van der Waals surface area contributed by atoms with Crippen molar-refractivity contribution < 1.29 is 22.3 Å². The van der Waals surface area contributed by atoms with Crippen LogP contribution in [0.4, 0.5) is 10.1 Å². The minimum absolute atomic E-state index is 0.00871. The number of sulfonamides is 1. The lowest BCUT2D eigenvalue weighted by molar-refractivity contribution is 0.102. The molecular weight excluding hydrogens is 335 g/mol. The van der Waals surface area contributed by atoms with Gasteiger partial charge in [-0.3, -0.25) is 4.79 Å². The number of methoxy groups -OCH3 is 1. The second-order valence-electron chi connectivity index (χ2n) is 4.80. The Balaban J connectivity index is 2.38. The third-order valence-electron chi connectivity index (χ3n) is 3.17. The number of hydrogen-bond donors (Lipinski definition) is 2. The van der Waals surface area contributed by atoms with Crippen LogP contribution in [0.2, 0.25) is 0 Å². The number of halogens is 1. The van der Waals surface area contributed by atoms with Gasteiger partial charge in [-0.25, -0.2) is 17.5 Å². The zero-order valence-corrected chi connectivity index (χ0v) is 14.0. The van der Waals surface area contributed by atoms with Crippen molar-refractivity contribution in [1.29, 1.82) is 0 Å². The molecule has 8 heteroatoms. The van der Waals surface area contributed by atoms with Gasteiger partial charge in [0.1, 0.15) is 16.5 Å². The fourth-order valence-corrected chi connectivity index (χ4v) is 3.29. The topological polar surface area (TPSA) is 84.5 Å². The quantitative estimate of drug-likeness (QED) is 0.836. The lowest BCUT2D eigenvalue weighted by Gasteiger charge is -2.12. The average molecular weight is 352 g/mol. The summed E-state index contributed by atoms with van der Waals surface area (Å²) < 4.78 is 45.4. The van der Waals surface area contributed by atoms with Crippen LogP contribution in [0, 0.1) is 5.82 Å². The summed E-state index contributed by atoms with van der Waals surface area (Å²) in [4.78, 5) is 12.1. The summed E-state index contributed by atoms with van der Waals surface area (Å²) in [5.41, 5.74) is 0.0740. The Morgan fingerprint density at radius 3 is 2.54 bits per heavy atom. The van der Waals surface area contributed by atoms with Crippen LogP contribution in [-0.2, 0) is 10.0 Å². The Morgan fingerprint density at radius 1 is 1.21 bits per heavy atom. The molecule has 128 valence electrons. The van der Waals surface area contributed by atoms with Crippen LogP contribution >= 0.6 is 0 Å². The number of hydrogen-bond acceptors (Lipinski definition) is 4. The minimum atomic E-state index is -3.82. The number of nitrogens with one attached hydrogen (secondary N) is 2. The van der Waals surface area contributed by atoms with E-state index in [0.717, 1.165) is 0 Å².